The third-order valence-electron chi connectivity index (χ3n) is 3.99. The molecule has 0 amide bonds. The van der Waals surface area contributed by atoms with Gasteiger partial charge in [0.1, 0.15) is 6.29 Å². The van der Waals surface area contributed by atoms with Gasteiger partial charge < -0.3 is 4.79 Å². The van der Waals surface area contributed by atoms with Crippen molar-refractivity contribution < 1.29 is 4.79 Å². The van der Waals surface area contributed by atoms with E-state index in [1.165, 1.54) is 25.7 Å². The summed E-state index contributed by atoms with van der Waals surface area (Å²) >= 11 is 0. The number of aldehydes is 1. The highest BCUT2D eigenvalue weighted by Crippen LogP contribution is 2.51. The van der Waals surface area contributed by atoms with E-state index in [9.17, 15) is 4.79 Å². The molecule has 0 radical (unpaired) electrons. The lowest BCUT2D eigenvalue weighted by atomic mass is 9.77. The first-order valence-corrected chi connectivity index (χ1v) is 5.57. The van der Waals surface area contributed by atoms with Crippen LogP contribution < -0.4 is 0 Å². The molecule has 0 N–H and O–H groups in total. The molecule has 13 heavy (non-hydrogen) atoms. The third-order valence-corrected chi connectivity index (χ3v) is 3.99. The maximum Gasteiger partial charge on any atom is 0.125 e. The van der Waals surface area contributed by atoms with Crippen LogP contribution in [0.2, 0.25) is 0 Å². The van der Waals surface area contributed by atoms with Crippen LogP contribution >= 0.6 is 0 Å². The Morgan fingerprint density at radius 2 is 2.08 bits per heavy atom. The van der Waals surface area contributed by atoms with Gasteiger partial charge in [-0.2, -0.15) is 0 Å². The van der Waals surface area contributed by atoms with E-state index >= 15 is 0 Å². The van der Waals surface area contributed by atoms with E-state index in [0.717, 1.165) is 30.5 Å². The molecular weight excluding hydrogens is 160 g/mol. The van der Waals surface area contributed by atoms with Gasteiger partial charge >= 0.3 is 0 Å². The van der Waals surface area contributed by atoms with Crippen LogP contribution in [-0.4, -0.2) is 6.29 Å². The van der Waals surface area contributed by atoms with Crippen LogP contribution in [0.3, 0.4) is 0 Å². The van der Waals surface area contributed by atoms with Crippen LogP contribution in [0.15, 0.2) is 0 Å². The maximum absolute atomic E-state index is 10.8. The number of hydrogen-bond donors (Lipinski definition) is 0. The molecule has 0 aromatic carbocycles. The predicted octanol–water partition coefficient (Wildman–Crippen LogP) is 3.04. The SMILES string of the molecule is CC(C)(C=O)CC1CC2CCC1C2. The van der Waals surface area contributed by atoms with Crippen molar-refractivity contribution >= 4 is 6.29 Å². The van der Waals surface area contributed by atoms with E-state index in [2.05, 4.69) is 13.8 Å². The highest BCUT2D eigenvalue weighted by atomic mass is 16.1. The molecule has 2 saturated carbocycles. The summed E-state index contributed by atoms with van der Waals surface area (Å²) in [7, 11) is 0. The molecule has 2 bridgehead atoms. The molecule has 1 heteroatoms. The number of hydrogen-bond acceptors (Lipinski definition) is 1. The molecule has 3 atom stereocenters. The molecule has 0 saturated heterocycles. The molecule has 2 aliphatic carbocycles. The normalized spacial score (nSPS) is 38.2. The van der Waals surface area contributed by atoms with Crippen molar-refractivity contribution in [3.05, 3.63) is 0 Å². The first kappa shape index (κ1) is 9.23. The van der Waals surface area contributed by atoms with Gasteiger partial charge in [0, 0.05) is 5.41 Å². The van der Waals surface area contributed by atoms with E-state index in [4.69, 9.17) is 0 Å². The molecule has 2 rings (SSSR count). The molecule has 74 valence electrons. The van der Waals surface area contributed by atoms with E-state index in [1.54, 1.807) is 0 Å². The Balaban J connectivity index is 1.93. The molecule has 0 spiro atoms. The molecule has 0 aromatic heterocycles. The molecule has 0 aromatic rings. The summed E-state index contributed by atoms with van der Waals surface area (Å²) in [6, 6.07) is 0. The van der Waals surface area contributed by atoms with E-state index in [-0.39, 0.29) is 5.41 Å². The summed E-state index contributed by atoms with van der Waals surface area (Å²) < 4.78 is 0. The van der Waals surface area contributed by atoms with Crippen LogP contribution in [0.1, 0.15) is 46.0 Å². The van der Waals surface area contributed by atoms with Gasteiger partial charge in [-0.15, -0.1) is 0 Å². The van der Waals surface area contributed by atoms with Gasteiger partial charge in [0.2, 0.25) is 0 Å². The summed E-state index contributed by atoms with van der Waals surface area (Å²) in [6.45, 7) is 4.15. The minimum Gasteiger partial charge on any atom is -0.303 e. The monoisotopic (exact) mass is 180 g/mol. The Morgan fingerprint density at radius 1 is 1.31 bits per heavy atom. The first-order chi connectivity index (χ1) is 6.11. The fourth-order valence-corrected chi connectivity index (χ4v) is 3.35. The molecule has 3 unspecified atom stereocenters. The van der Waals surface area contributed by atoms with Crippen LogP contribution in [0.5, 0.6) is 0 Å². The smallest absolute Gasteiger partial charge is 0.125 e. The van der Waals surface area contributed by atoms with Crippen LogP contribution in [0.4, 0.5) is 0 Å². The van der Waals surface area contributed by atoms with Gasteiger partial charge in [0.25, 0.3) is 0 Å². The second kappa shape index (κ2) is 3.11. The second-order valence-electron chi connectivity index (χ2n) is 5.75. The fourth-order valence-electron chi connectivity index (χ4n) is 3.35. The quantitative estimate of drug-likeness (QED) is 0.610. The van der Waals surface area contributed by atoms with Crippen molar-refractivity contribution in [2.45, 2.75) is 46.0 Å². The molecule has 0 aliphatic heterocycles. The standard InChI is InChI=1S/C12H20O/c1-12(2,8-13)7-11-6-9-3-4-10(11)5-9/h8-11H,3-7H2,1-2H3. The Labute approximate surface area is 80.9 Å². The van der Waals surface area contributed by atoms with Gasteiger partial charge in [-0.05, 0) is 43.4 Å². The average molecular weight is 180 g/mol. The molecule has 0 heterocycles. The highest BCUT2D eigenvalue weighted by molar-refractivity contribution is 5.57. The first-order valence-electron chi connectivity index (χ1n) is 5.57. The van der Waals surface area contributed by atoms with Gasteiger partial charge in [0.05, 0.1) is 0 Å². The van der Waals surface area contributed by atoms with E-state index in [1.807, 2.05) is 0 Å². The van der Waals surface area contributed by atoms with Crippen molar-refractivity contribution in [3.63, 3.8) is 0 Å². The predicted molar refractivity (Wildman–Crippen MR) is 53.4 cm³/mol. The van der Waals surface area contributed by atoms with E-state index in [0.29, 0.717) is 0 Å². The summed E-state index contributed by atoms with van der Waals surface area (Å²) in [5, 5.41) is 0. The van der Waals surface area contributed by atoms with Gasteiger partial charge in [0.15, 0.2) is 0 Å². The lowest BCUT2D eigenvalue weighted by Gasteiger charge is -2.27. The topological polar surface area (TPSA) is 17.1 Å². The number of carbonyl (C=O) groups excluding carboxylic acids is 1. The fraction of sp³-hybridized carbons (Fsp3) is 0.917. The molecular formula is C12H20O. The van der Waals surface area contributed by atoms with Gasteiger partial charge in [-0.1, -0.05) is 20.3 Å². The molecule has 2 fully saturated rings. The molecule has 2 aliphatic rings. The number of rotatable bonds is 3. The van der Waals surface area contributed by atoms with Crippen molar-refractivity contribution in [1.82, 2.24) is 0 Å². The lowest BCUT2D eigenvalue weighted by molar-refractivity contribution is -0.115. The minimum absolute atomic E-state index is 0.0743. The Hall–Kier alpha value is -0.330. The Bertz CT molecular complexity index is 207. The summed E-state index contributed by atoms with van der Waals surface area (Å²) in [5.41, 5.74) is -0.0743. The zero-order chi connectivity index (χ0) is 9.47. The summed E-state index contributed by atoms with van der Waals surface area (Å²) in [6.07, 6.45) is 8.02. The summed E-state index contributed by atoms with van der Waals surface area (Å²) in [5.74, 6) is 2.83. The lowest BCUT2D eigenvalue weighted by Crippen LogP contribution is -2.22. The van der Waals surface area contributed by atoms with Crippen molar-refractivity contribution in [3.8, 4) is 0 Å². The second-order valence-corrected chi connectivity index (χ2v) is 5.75. The molecule has 1 nitrogen and oxygen atoms in total. The zero-order valence-electron chi connectivity index (χ0n) is 8.75. The van der Waals surface area contributed by atoms with E-state index < -0.39 is 0 Å². The largest absolute Gasteiger partial charge is 0.303 e. The van der Waals surface area contributed by atoms with Crippen LogP contribution in [0.25, 0.3) is 0 Å². The average Bonchev–Trinajstić information content (AvgIpc) is 2.64. The maximum atomic E-state index is 10.8. The third kappa shape index (κ3) is 1.79. The summed E-state index contributed by atoms with van der Waals surface area (Å²) in [4.78, 5) is 10.8. The van der Waals surface area contributed by atoms with Crippen molar-refractivity contribution in [2.24, 2.45) is 23.2 Å². The number of fused-ring (bicyclic) bond motifs is 2. The number of carbonyl (C=O) groups is 1. The van der Waals surface area contributed by atoms with Crippen molar-refractivity contribution in [2.75, 3.05) is 0 Å². The minimum atomic E-state index is -0.0743. The van der Waals surface area contributed by atoms with Gasteiger partial charge in [-0.3, -0.25) is 0 Å². The Kier molecular flexibility index (Phi) is 2.21. The van der Waals surface area contributed by atoms with Crippen molar-refractivity contribution in [1.29, 1.82) is 0 Å². The van der Waals surface area contributed by atoms with Crippen LogP contribution in [-0.2, 0) is 4.79 Å². The Morgan fingerprint density at radius 3 is 2.54 bits per heavy atom. The highest BCUT2D eigenvalue weighted by Gasteiger charge is 2.41. The zero-order valence-corrected chi connectivity index (χ0v) is 8.75. The van der Waals surface area contributed by atoms with Gasteiger partial charge in [-0.25, -0.2) is 0 Å². The van der Waals surface area contributed by atoms with Crippen LogP contribution in [0, 0.1) is 23.2 Å².